The Morgan fingerprint density at radius 1 is 1.53 bits per heavy atom. The van der Waals surface area contributed by atoms with Crippen LogP contribution >= 0.6 is 11.8 Å². The molecule has 1 N–H and O–H groups in total. The Morgan fingerprint density at radius 2 is 2.24 bits per heavy atom. The first-order chi connectivity index (χ1) is 8.00. The van der Waals surface area contributed by atoms with Gasteiger partial charge in [0.1, 0.15) is 0 Å². The molecule has 7 heteroatoms. The maximum Gasteiger partial charge on any atom is 0.313 e. The summed E-state index contributed by atoms with van der Waals surface area (Å²) in [6.07, 6.45) is 3.72. The van der Waals surface area contributed by atoms with Crippen LogP contribution in [0.25, 0.3) is 0 Å². The molecule has 1 aromatic heterocycles. The zero-order valence-corrected chi connectivity index (χ0v) is 10.6. The zero-order valence-electron chi connectivity index (χ0n) is 9.79. The highest BCUT2D eigenvalue weighted by molar-refractivity contribution is 7.99. The minimum Gasteiger partial charge on any atom is -0.481 e. The minimum absolute atomic E-state index is 0.0291. The van der Waals surface area contributed by atoms with E-state index in [9.17, 15) is 9.59 Å². The van der Waals surface area contributed by atoms with Crippen LogP contribution in [0.4, 0.5) is 0 Å². The number of aliphatic carboxylic acids is 1. The van der Waals surface area contributed by atoms with E-state index >= 15 is 0 Å². The number of carbonyl (C=O) groups excluding carboxylic acids is 1. The Bertz CT molecular complexity index is 403. The molecule has 0 fully saturated rings. The fraction of sp³-hybridized carbons (Fsp3) is 0.500. The molecule has 0 saturated heterocycles. The third kappa shape index (κ3) is 4.48. The maximum absolute atomic E-state index is 11.4. The molecule has 0 aliphatic rings. The lowest BCUT2D eigenvalue weighted by Crippen LogP contribution is -2.22. The van der Waals surface area contributed by atoms with E-state index in [0.29, 0.717) is 18.1 Å². The Labute approximate surface area is 104 Å². The standard InChI is InChI=1S/C10H15N3O3S/c1-12(2)8(14)3-5-13-6-4-11-10(13)17-7-9(15)16/h4,6H,3,5,7H2,1-2H3,(H,15,16). The molecule has 17 heavy (non-hydrogen) atoms. The summed E-state index contributed by atoms with van der Waals surface area (Å²) in [7, 11) is 3.41. The molecule has 0 unspecified atom stereocenters. The van der Waals surface area contributed by atoms with Crippen molar-refractivity contribution in [3.05, 3.63) is 12.4 Å². The van der Waals surface area contributed by atoms with Gasteiger partial charge in [0.15, 0.2) is 5.16 Å². The van der Waals surface area contributed by atoms with E-state index in [0.717, 1.165) is 11.8 Å². The van der Waals surface area contributed by atoms with Crippen LogP contribution in [0.2, 0.25) is 0 Å². The number of carboxylic acids is 1. The van der Waals surface area contributed by atoms with E-state index in [1.165, 1.54) is 4.90 Å². The van der Waals surface area contributed by atoms with Crippen molar-refractivity contribution in [3.63, 3.8) is 0 Å². The molecule has 0 aliphatic heterocycles. The van der Waals surface area contributed by atoms with Gasteiger partial charge in [-0.2, -0.15) is 0 Å². The minimum atomic E-state index is -0.881. The van der Waals surface area contributed by atoms with E-state index < -0.39 is 5.97 Å². The summed E-state index contributed by atoms with van der Waals surface area (Å²) in [6.45, 7) is 0.513. The molecule has 1 amide bonds. The Balaban J connectivity index is 2.51. The number of nitrogens with zero attached hydrogens (tertiary/aromatic N) is 3. The predicted molar refractivity (Wildman–Crippen MR) is 63.9 cm³/mol. The van der Waals surface area contributed by atoms with Crippen molar-refractivity contribution >= 4 is 23.6 Å². The van der Waals surface area contributed by atoms with Crippen LogP contribution in [0.3, 0.4) is 0 Å². The highest BCUT2D eigenvalue weighted by Crippen LogP contribution is 2.15. The lowest BCUT2D eigenvalue weighted by Gasteiger charge is -2.11. The van der Waals surface area contributed by atoms with Gasteiger partial charge in [0.25, 0.3) is 0 Å². The Hall–Kier alpha value is -1.50. The molecule has 6 nitrogen and oxygen atoms in total. The third-order valence-corrected chi connectivity index (χ3v) is 3.06. The third-order valence-electron chi connectivity index (χ3n) is 2.07. The summed E-state index contributed by atoms with van der Waals surface area (Å²) >= 11 is 1.15. The number of aromatic nitrogens is 2. The second-order valence-electron chi connectivity index (χ2n) is 3.62. The van der Waals surface area contributed by atoms with Crippen LogP contribution in [0, 0.1) is 0 Å². The fourth-order valence-corrected chi connectivity index (χ4v) is 1.88. The number of hydrogen-bond acceptors (Lipinski definition) is 4. The number of carboxylic acid groups (broad SMARTS) is 1. The van der Waals surface area contributed by atoms with E-state index in [1.807, 2.05) is 0 Å². The van der Waals surface area contributed by atoms with E-state index in [4.69, 9.17) is 5.11 Å². The molecule has 0 radical (unpaired) electrons. The van der Waals surface area contributed by atoms with E-state index in [-0.39, 0.29) is 11.7 Å². The first kappa shape index (κ1) is 13.6. The molecule has 0 saturated carbocycles. The van der Waals surface area contributed by atoms with Gasteiger partial charge in [-0.1, -0.05) is 11.8 Å². The summed E-state index contributed by atoms with van der Waals surface area (Å²) in [5.41, 5.74) is 0. The molecule has 1 heterocycles. The average Bonchev–Trinajstić information content (AvgIpc) is 2.70. The number of aryl methyl sites for hydroxylation is 1. The fourth-order valence-electron chi connectivity index (χ4n) is 1.17. The van der Waals surface area contributed by atoms with Crippen molar-refractivity contribution in [3.8, 4) is 0 Å². The second kappa shape index (κ2) is 6.29. The van der Waals surface area contributed by atoms with Crippen molar-refractivity contribution in [1.29, 1.82) is 0 Å². The van der Waals surface area contributed by atoms with Gasteiger partial charge < -0.3 is 14.6 Å². The van der Waals surface area contributed by atoms with Crippen LogP contribution in [-0.4, -0.2) is 51.3 Å². The Kier molecular flexibility index (Phi) is 5.02. The number of thioether (sulfide) groups is 1. The first-order valence-electron chi connectivity index (χ1n) is 5.06. The van der Waals surface area contributed by atoms with Gasteiger partial charge in [0, 0.05) is 39.5 Å². The highest BCUT2D eigenvalue weighted by Gasteiger charge is 2.09. The number of imidazole rings is 1. The molecule has 1 rings (SSSR count). The SMILES string of the molecule is CN(C)C(=O)CCn1ccnc1SCC(=O)O. The van der Waals surface area contributed by atoms with Gasteiger partial charge in [-0.3, -0.25) is 9.59 Å². The summed E-state index contributed by atoms with van der Waals surface area (Å²) in [6, 6.07) is 0. The molecular weight excluding hydrogens is 242 g/mol. The van der Waals surface area contributed by atoms with Crippen LogP contribution < -0.4 is 0 Å². The lowest BCUT2D eigenvalue weighted by molar-refractivity contribution is -0.134. The molecular formula is C10H15N3O3S. The number of amides is 1. The molecule has 1 aromatic rings. The van der Waals surface area contributed by atoms with Crippen LogP contribution in [-0.2, 0) is 16.1 Å². The quantitative estimate of drug-likeness (QED) is 0.753. The molecule has 0 bridgehead atoms. The number of hydrogen-bond donors (Lipinski definition) is 1. The zero-order chi connectivity index (χ0) is 12.8. The second-order valence-corrected chi connectivity index (χ2v) is 4.57. The molecule has 94 valence electrons. The van der Waals surface area contributed by atoms with Crippen molar-refractivity contribution in [2.24, 2.45) is 0 Å². The van der Waals surface area contributed by atoms with Crippen molar-refractivity contribution in [2.45, 2.75) is 18.1 Å². The molecule has 0 spiro atoms. The number of rotatable bonds is 6. The average molecular weight is 257 g/mol. The van der Waals surface area contributed by atoms with Gasteiger partial charge in [0.2, 0.25) is 5.91 Å². The van der Waals surface area contributed by atoms with E-state index in [1.54, 1.807) is 31.1 Å². The maximum atomic E-state index is 11.4. The summed E-state index contributed by atoms with van der Waals surface area (Å²) in [5.74, 6) is -0.875. The van der Waals surface area contributed by atoms with Crippen LogP contribution in [0.1, 0.15) is 6.42 Å². The first-order valence-corrected chi connectivity index (χ1v) is 6.05. The smallest absolute Gasteiger partial charge is 0.313 e. The normalized spacial score (nSPS) is 10.2. The van der Waals surface area contributed by atoms with Crippen molar-refractivity contribution < 1.29 is 14.7 Å². The van der Waals surface area contributed by atoms with Gasteiger partial charge >= 0.3 is 5.97 Å². The molecule has 0 atom stereocenters. The largest absolute Gasteiger partial charge is 0.481 e. The van der Waals surface area contributed by atoms with Gasteiger partial charge in [-0.25, -0.2) is 4.98 Å². The summed E-state index contributed by atoms with van der Waals surface area (Å²) in [5, 5.41) is 9.20. The van der Waals surface area contributed by atoms with Crippen molar-refractivity contribution in [2.75, 3.05) is 19.8 Å². The van der Waals surface area contributed by atoms with E-state index in [2.05, 4.69) is 4.98 Å². The predicted octanol–water partition coefficient (Wildman–Crippen LogP) is 0.538. The monoisotopic (exact) mass is 257 g/mol. The van der Waals surface area contributed by atoms with Crippen LogP contribution in [0.15, 0.2) is 17.6 Å². The summed E-state index contributed by atoms with van der Waals surface area (Å²) < 4.78 is 1.79. The topological polar surface area (TPSA) is 75.4 Å². The molecule has 0 aliphatic carbocycles. The summed E-state index contributed by atoms with van der Waals surface area (Å²) in [4.78, 5) is 27.4. The lowest BCUT2D eigenvalue weighted by atomic mass is 10.4. The van der Waals surface area contributed by atoms with Gasteiger partial charge in [-0.05, 0) is 0 Å². The van der Waals surface area contributed by atoms with Crippen LogP contribution in [0.5, 0.6) is 0 Å². The molecule has 0 aromatic carbocycles. The number of carbonyl (C=O) groups is 2. The Morgan fingerprint density at radius 3 is 2.82 bits per heavy atom. The van der Waals surface area contributed by atoms with Crippen molar-refractivity contribution in [1.82, 2.24) is 14.5 Å². The van der Waals surface area contributed by atoms with Gasteiger partial charge in [0.05, 0.1) is 5.75 Å². The highest BCUT2D eigenvalue weighted by atomic mass is 32.2. The van der Waals surface area contributed by atoms with Gasteiger partial charge in [-0.15, -0.1) is 0 Å².